The Bertz CT molecular complexity index is 1150. The lowest BCUT2D eigenvalue weighted by molar-refractivity contribution is -0.118. The zero-order valence-electron chi connectivity index (χ0n) is 16.8. The number of fused-ring (bicyclic) bond motifs is 2. The van der Waals surface area contributed by atoms with Crippen LogP contribution in [0.4, 0.5) is 0 Å². The summed E-state index contributed by atoms with van der Waals surface area (Å²) in [6.07, 6.45) is 0. The molecular formula is C23H21N3O3S. The molecule has 30 heavy (non-hydrogen) atoms. The average Bonchev–Trinajstić information content (AvgIpc) is 3.23. The summed E-state index contributed by atoms with van der Waals surface area (Å²) in [5, 5.41) is 13.9. The first-order valence-corrected chi connectivity index (χ1v) is 10.6. The minimum Gasteiger partial charge on any atom is -0.454 e. The summed E-state index contributed by atoms with van der Waals surface area (Å²) in [5.74, 6) is 1.87. The first-order valence-electron chi connectivity index (χ1n) is 9.66. The van der Waals surface area contributed by atoms with Crippen molar-refractivity contribution in [3.8, 4) is 17.6 Å². The van der Waals surface area contributed by atoms with E-state index in [0.717, 1.165) is 16.5 Å². The van der Waals surface area contributed by atoms with E-state index in [-0.39, 0.29) is 18.5 Å². The fourth-order valence-electron chi connectivity index (χ4n) is 3.16. The molecule has 7 heteroatoms. The Morgan fingerprint density at radius 3 is 2.83 bits per heavy atom. The van der Waals surface area contributed by atoms with Crippen LogP contribution < -0.4 is 14.8 Å². The molecule has 0 unspecified atom stereocenters. The van der Waals surface area contributed by atoms with E-state index >= 15 is 0 Å². The molecule has 0 saturated heterocycles. The lowest BCUT2D eigenvalue weighted by atomic mass is 10.0. The lowest BCUT2D eigenvalue weighted by Gasteiger charge is -2.10. The summed E-state index contributed by atoms with van der Waals surface area (Å²) < 4.78 is 10.6. The van der Waals surface area contributed by atoms with Crippen molar-refractivity contribution in [1.29, 1.82) is 5.26 Å². The standard InChI is InChI=1S/C23H21N3O3S/c1-14(2)16-4-5-19-17(8-16)9-18(10-24)23(26-19)30-12-22(27)25-11-15-3-6-20-21(7-15)29-13-28-20/h3-9,14H,11-13H2,1-2H3,(H,25,27). The van der Waals surface area contributed by atoms with E-state index in [1.165, 1.54) is 17.3 Å². The summed E-state index contributed by atoms with van der Waals surface area (Å²) >= 11 is 1.27. The van der Waals surface area contributed by atoms with Gasteiger partial charge in [-0.2, -0.15) is 5.26 Å². The van der Waals surface area contributed by atoms with Gasteiger partial charge in [0, 0.05) is 11.9 Å². The van der Waals surface area contributed by atoms with Gasteiger partial charge in [-0.15, -0.1) is 0 Å². The monoisotopic (exact) mass is 419 g/mol. The van der Waals surface area contributed by atoms with Crippen LogP contribution in [-0.2, 0) is 11.3 Å². The maximum absolute atomic E-state index is 12.3. The number of nitriles is 1. The molecule has 0 spiro atoms. The molecule has 2 heterocycles. The minimum atomic E-state index is -0.126. The summed E-state index contributed by atoms with van der Waals surface area (Å²) in [6.45, 7) is 4.88. The number of hydrogen-bond acceptors (Lipinski definition) is 6. The van der Waals surface area contributed by atoms with Crippen LogP contribution in [0.25, 0.3) is 10.9 Å². The van der Waals surface area contributed by atoms with Gasteiger partial charge >= 0.3 is 0 Å². The molecule has 0 bridgehead atoms. The van der Waals surface area contributed by atoms with Gasteiger partial charge in [-0.05, 0) is 47.4 Å². The van der Waals surface area contributed by atoms with E-state index in [9.17, 15) is 10.1 Å². The Labute approximate surface area is 179 Å². The van der Waals surface area contributed by atoms with Crippen molar-refractivity contribution >= 4 is 28.6 Å². The van der Waals surface area contributed by atoms with Gasteiger partial charge < -0.3 is 14.8 Å². The topological polar surface area (TPSA) is 84.2 Å². The smallest absolute Gasteiger partial charge is 0.231 e. The number of nitrogens with one attached hydrogen (secondary N) is 1. The second-order valence-electron chi connectivity index (χ2n) is 7.31. The van der Waals surface area contributed by atoms with E-state index in [2.05, 4.69) is 42.4 Å². The molecule has 6 nitrogen and oxygen atoms in total. The Balaban J connectivity index is 1.40. The Morgan fingerprint density at radius 1 is 1.20 bits per heavy atom. The molecule has 2 aromatic carbocycles. The minimum absolute atomic E-state index is 0.126. The molecule has 3 aromatic rings. The highest BCUT2D eigenvalue weighted by Crippen LogP contribution is 2.32. The fourth-order valence-corrected chi connectivity index (χ4v) is 3.96. The van der Waals surface area contributed by atoms with Crippen molar-refractivity contribution in [3.63, 3.8) is 0 Å². The van der Waals surface area contributed by atoms with Gasteiger partial charge in [0.1, 0.15) is 11.1 Å². The van der Waals surface area contributed by atoms with Crippen molar-refractivity contribution in [3.05, 3.63) is 59.2 Å². The van der Waals surface area contributed by atoms with Crippen LogP contribution in [0.5, 0.6) is 11.5 Å². The second kappa shape index (κ2) is 8.64. The number of ether oxygens (including phenoxy) is 2. The van der Waals surface area contributed by atoms with Crippen molar-refractivity contribution in [2.75, 3.05) is 12.5 Å². The Hall–Kier alpha value is -3.24. The van der Waals surface area contributed by atoms with Gasteiger partial charge in [0.05, 0.1) is 16.8 Å². The molecule has 0 aliphatic carbocycles. The maximum Gasteiger partial charge on any atom is 0.231 e. The molecule has 0 radical (unpaired) electrons. The third-order valence-corrected chi connectivity index (χ3v) is 5.85. The van der Waals surface area contributed by atoms with E-state index in [1.54, 1.807) is 0 Å². The van der Waals surface area contributed by atoms with Gasteiger partial charge in [0.25, 0.3) is 0 Å². The Kier molecular flexibility index (Phi) is 5.77. The van der Waals surface area contributed by atoms with Crippen LogP contribution in [0.1, 0.15) is 36.5 Å². The number of nitrogens with zero attached hydrogens (tertiary/aromatic N) is 2. The van der Waals surface area contributed by atoms with Crippen molar-refractivity contribution in [2.24, 2.45) is 0 Å². The van der Waals surface area contributed by atoms with Crippen LogP contribution in [0.3, 0.4) is 0 Å². The van der Waals surface area contributed by atoms with E-state index in [0.29, 0.717) is 34.6 Å². The average molecular weight is 420 g/mol. The normalized spacial score (nSPS) is 12.2. The molecule has 0 fully saturated rings. The summed E-state index contributed by atoms with van der Waals surface area (Å²) in [7, 11) is 0. The number of pyridine rings is 1. The summed E-state index contributed by atoms with van der Waals surface area (Å²) in [4.78, 5) is 16.9. The zero-order chi connectivity index (χ0) is 21.1. The molecule has 0 saturated carbocycles. The zero-order valence-corrected chi connectivity index (χ0v) is 17.6. The van der Waals surface area contributed by atoms with Crippen molar-refractivity contribution in [1.82, 2.24) is 10.3 Å². The highest BCUT2D eigenvalue weighted by Gasteiger charge is 2.14. The van der Waals surface area contributed by atoms with Crippen LogP contribution in [-0.4, -0.2) is 23.4 Å². The van der Waals surface area contributed by atoms with Crippen molar-refractivity contribution in [2.45, 2.75) is 31.3 Å². The number of amides is 1. The van der Waals surface area contributed by atoms with Crippen LogP contribution in [0.2, 0.25) is 0 Å². The van der Waals surface area contributed by atoms with E-state index in [1.807, 2.05) is 30.3 Å². The molecule has 1 aliphatic heterocycles. The fraction of sp³-hybridized carbons (Fsp3) is 0.261. The van der Waals surface area contributed by atoms with Crippen LogP contribution in [0, 0.1) is 11.3 Å². The number of thioether (sulfide) groups is 1. The molecule has 1 aromatic heterocycles. The predicted molar refractivity (Wildman–Crippen MR) is 116 cm³/mol. The number of carbonyl (C=O) groups excluding carboxylic acids is 1. The number of rotatable bonds is 6. The largest absolute Gasteiger partial charge is 0.454 e. The quantitative estimate of drug-likeness (QED) is 0.598. The van der Waals surface area contributed by atoms with Gasteiger partial charge in [-0.25, -0.2) is 4.98 Å². The third-order valence-electron chi connectivity index (χ3n) is 4.86. The molecule has 152 valence electrons. The van der Waals surface area contributed by atoms with Gasteiger partial charge in [0.2, 0.25) is 12.7 Å². The molecule has 0 atom stereocenters. The van der Waals surface area contributed by atoms with Gasteiger partial charge in [0.15, 0.2) is 11.5 Å². The summed E-state index contributed by atoms with van der Waals surface area (Å²) in [5.41, 5.74) is 3.44. The number of aromatic nitrogens is 1. The van der Waals surface area contributed by atoms with Crippen molar-refractivity contribution < 1.29 is 14.3 Å². The summed E-state index contributed by atoms with van der Waals surface area (Å²) in [6, 6.07) is 15.7. The van der Waals surface area contributed by atoms with E-state index in [4.69, 9.17) is 9.47 Å². The molecule has 1 amide bonds. The first kappa shape index (κ1) is 20.0. The molecule has 1 N–H and O–H groups in total. The third kappa shape index (κ3) is 4.34. The number of benzene rings is 2. The van der Waals surface area contributed by atoms with Gasteiger partial charge in [-0.3, -0.25) is 4.79 Å². The van der Waals surface area contributed by atoms with Crippen LogP contribution >= 0.6 is 11.8 Å². The molecule has 4 rings (SSSR count). The lowest BCUT2D eigenvalue weighted by Crippen LogP contribution is -2.24. The SMILES string of the molecule is CC(C)c1ccc2nc(SCC(=O)NCc3ccc4c(c3)OCO4)c(C#N)cc2c1. The number of carbonyl (C=O) groups is 1. The van der Waals surface area contributed by atoms with E-state index < -0.39 is 0 Å². The second-order valence-corrected chi connectivity index (χ2v) is 8.28. The first-order chi connectivity index (χ1) is 14.5. The predicted octanol–water partition coefficient (Wildman–Crippen LogP) is 4.37. The number of hydrogen-bond donors (Lipinski definition) is 1. The molecular weight excluding hydrogens is 398 g/mol. The maximum atomic E-state index is 12.3. The Morgan fingerprint density at radius 2 is 2.03 bits per heavy atom. The highest BCUT2D eigenvalue weighted by molar-refractivity contribution is 8.00. The molecule has 1 aliphatic rings. The van der Waals surface area contributed by atoms with Crippen LogP contribution in [0.15, 0.2) is 47.5 Å². The highest BCUT2D eigenvalue weighted by atomic mass is 32.2. The van der Waals surface area contributed by atoms with Gasteiger partial charge in [-0.1, -0.05) is 37.7 Å².